The van der Waals surface area contributed by atoms with E-state index in [0.29, 0.717) is 5.92 Å². The van der Waals surface area contributed by atoms with Gasteiger partial charge in [-0.2, -0.15) is 0 Å². The van der Waals surface area contributed by atoms with E-state index in [9.17, 15) is 0 Å². The van der Waals surface area contributed by atoms with Crippen LogP contribution in [0.4, 0.5) is 0 Å². The van der Waals surface area contributed by atoms with Crippen LogP contribution in [0.3, 0.4) is 0 Å². The van der Waals surface area contributed by atoms with Crippen LogP contribution in [0.1, 0.15) is 44.0 Å². The summed E-state index contributed by atoms with van der Waals surface area (Å²) in [6.07, 6.45) is 4.08. The lowest BCUT2D eigenvalue weighted by Crippen LogP contribution is -2.27. The van der Waals surface area contributed by atoms with Gasteiger partial charge in [-0.05, 0) is 38.9 Å². The molecule has 1 aromatic rings. The molecule has 0 aliphatic carbocycles. The molecule has 1 aliphatic heterocycles. The molecule has 0 unspecified atom stereocenters. The lowest BCUT2D eigenvalue weighted by atomic mass is 9.94. The topological polar surface area (TPSA) is 37.8 Å². The molecular formula is C12H21N3. The van der Waals surface area contributed by atoms with Gasteiger partial charge in [0.25, 0.3) is 0 Å². The summed E-state index contributed by atoms with van der Waals surface area (Å²) in [6.45, 7) is 8.26. The van der Waals surface area contributed by atoms with Crippen molar-refractivity contribution < 1.29 is 0 Å². The zero-order valence-corrected chi connectivity index (χ0v) is 9.95. The smallest absolute Gasteiger partial charge is 0.115 e. The van der Waals surface area contributed by atoms with Gasteiger partial charge in [-0.1, -0.05) is 13.8 Å². The molecule has 1 N–H and O–H groups in total. The largest absolute Gasteiger partial charge is 0.317 e. The second kappa shape index (κ2) is 6.51. The minimum Gasteiger partial charge on any atom is -0.317 e. The first-order valence-corrected chi connectivity index (χ1v) is 5.85. The number of aromatic nitrogens is 2. The molecular weight excluding hydrogens is 186 g/mol. The van der Waals surface area contributed by atoms with Gasteiger partial charge in [-0.15, -0.1) is 0 Å². The van der Waals surface area contributed by atoms with Crippen molar-refractivity contribution in [2.45, 2.75) is 39.5 Å². The summed E-state index contributed by atoms with van der Waals surface area (Å²) in [6, 6.07) is 2.11. The predicted molar refractivity (Wildman–Crippen MR) is 63.0 cm³/mol. The molecule has 15 heavy (non-hydrogen) atoms. The Hall–Kier alpha value is -0.960. The van der Waals surface area contributed by atoms with E-state index in [-0.39, 0.29) is 0 Å². The van der Waals surface area contributed by atoms with Crippen molar-refractivity contribution in [2.75, 3.05) is 13.1 Å². The van der Waals surface area contributed by atoms with E-state index >= 15 is 0 Å². The van der Waals surface area contributed by atoms with Gasteiger partial charge >= 0.3 is 0 Å². The van der Waals surface area contributed by atoms with Gasteiger partial charge in [0.2, 0.25) is 0 Å². The molecule has 1 aliphatic rings. The molecule has 0 bridgehead atoms. The van der Waals surface area contributed by atoms with Crippen molar-refractivity contribution in [3.63, 3.8) is 0 Å². The highest BCUT2D eigenvalue weighted by Gasteiger charge is 2.16. The molecule has 3 nitrogen and oxygen atoms in total. The summed E-state index contributed by atoms with van der Waals surface area (Å²) >= 11 is 0. The Morgan fingerprint density at radius 2 is 1.87 bits per heavy atom. The van der Waals surface area contributed by atoms with E-state index in [1.54, 1.807) is 6.33 Å². The number of rotatable bonds is 1. The van der Waals surface area contributed by atoms with Gasteiger partial charge in [0.15, 0.2) is 0 Å². The van der Waals surface area contributed by atoms with Gasteiger partial charge in [-0.25, -0.2) is 9.97 Å². The van der Waals surface area contributed by atoms with Crippen molar-refractivity contribution in [1.29, 1.82) is 0 Å². The Morgan fingerprint density at radius 1 is 1.20 bits per heavy atom. The summed E-state index contributed by atoms with van der Waals surface area (Å²) in [5.41, 5.74) is 2.29. The minimum absolute atomic E-state index is 0.642. The molecule has 0 aromatic carbocycles. The highest BCUT2D eigenvalue weighted by atomic mass is 14.9. The van der Waals surface area contributed by atoms with Crippen LogP contribution in [0.2, 0.25) is 0 Å². The first kappa shape index (κ1) is 12.1. The number of nitrogens with one attached hydrogen (secondary N) is 1. The van der Waals surface area contributed by atoms with Crippen LogP contribution in [0.25, 0.3) is 0 Å². The fourth-order valence-electron chi connectivity index (χ4n) is 1.82. The molecule has 0 radical (unpaired) electrons. The zero-order chi connectivity index (χ0) is 11.1. The third-order valence-electron chi connectivity index (χ3n) is 2.58. The molecule has 1 aromatic heterocycles. The van der Waals surface area contributed by atoms with Crippen molar-refractivity contribution >= 4 is 0 Å². The highest BCUT2D eigenvalue weighted by Crippen LogP contribution is 2.22. The van der Waals surface area contributed by atoms with Gasteiger partial charge < -0.3 is 5.32 Å². The summed E-state index contributed by atoms with van der Waals surface area (Å²) in [5.74, 6) is 0.642. The average Bonchev–Trinajstić information content (AvgIpc) is 2.33. The van der Waals surface area contributed by atoms with Crippen LogP contribution in [0.5, 0.6) is 0 Å². The standard InChI is InChI=1S/C10H15N3.C2H6/c1-8-6-10(13-7-12-8)9-2-4-11-5-3-9;1-2/h6-7,9,11H,2-5H2,1H3;1-2H3. The van der Waals surface area contributed by atoms with Crippen LogP contribution >= 0.6 is 0 Å². The van der Waals surface area contributed by atoms with Crippen molar-refractivity contribution in [1.82, 2.24) is 15.3 Å². The maximum absolute atomic E-state index is 4.32. The second-order valence-electron chi connectivity index (χ2n) is 3.61. The van der Waals surface area contributed by atoms with E-state index in [1.807, 2.05) is 20.8 Å². The molecule has 2 heterocycles. The van der Waals surface area contributed by atoms with Crippen molar-refractivity contribution in [2.24, 2.45) is 0 Å². The Morgan fingerprint density at radius 3 is 2.47 bits per heavy atom. The molecule has 2 rings (SSSR count). The zero-order valence-electron chi connectivity index (χ0n) is 9.95. The molecule has 3 heteroatoms. The van der Waals surface area contributed by atoms with Crippen LogP contribution in [0, 0.1) is 6.92 Å². The number of hydrogen-bond acceptors (Lipinski definition) is 3. The third-order valence-corrected chi connectivity index (χ3v) is 2.58. The summed E-state index contributed by atoms with van der Waals surface area (Å²) in [7, 11) is 0. The second-order valence-corrected chi connectivity index (χ2v) is 3.61. The highest BCUT2D eigenvalue weighted by molar-refractivity contribution is 5.12. The lowest BCUT2D eigenvalue weighted by Gasteiger charge is -2.21. The minimum atomic E-state index is 0.642. The average molecular weight is 207 g/mol. The van der Waals surface area contributed by atoms with Crippen molar-refractivity contribution in [3.8, 4) is 0 Å². The Kier molecular flexibility index (Phi) is 5.26. The van der Waals surface area contributed by atoms with Gasteiger partial charge in [0.1, 0.15) is 6.33 Å². The fourth-order valence-corrected chi connectivity index (χ4v) is 1.82. The quantitative estimate of drug-likeness (QED) is 0.767. The molecule has 0 amide bonds. The Labute approximate surface area is 92.3 Å². The van der Waals surface area contributed by atoms with Crippen molar-refractivity contribution in [3.05, 3.63) is 23.8 Å². The van der Waals surface area contributed by atoms with Crippen LogP contribution in [-0.2, 0) is 0 Å². The molecule has 0 saturated carbocycles. The number of hydrogen-bond donors (Lipinski definition) is 1. The number of nitrogens with zero attached hydrogens (tertiary/aromatic N) is 2. The van der Waals surface area contributed by atoms with Crippen LogP contribution in [-0.4, -0.2) is 23.1 Å². The molecule has 84 valence electrons. The molecule has 0 atom stereocenters. The fraction of sp³-hybridized carbons (Fsp3) is 0.667. The summed E-state index contributed by atoms with van der Waals surface area (Å²) in [5, 5.41) is 3.36. The SMILES string of the molecule is CC.Cc1cc(C2CCNCC2)ncn1. The normalized spacial score (nSPS) is 16.7. The lowest BCUT2D eigenvalue weighted by molar-refractivity contribution is 0.452. The van der Waals surface area contributed by atoms with Gasteiger partial charge in [-0.3, -0.25) is 0 Å². The summed E-state index contributed by atoms with van der Waals surface area (Å²) < 4.78 is 0. The van der Waals surface area contributed by atoms with E-state index in [2.05, 4.69) is 21.4 Å². The number of piperidine rings is 1. The Bertz CT molecular complexity index is 280. The summed E-state index contributed by atoms with van der Waals surface area (Å²) in [4.78, 5) is 8.43. The van der Waals surface area contributed by atoms with Gasteiger partial charge in [0, 0.05) is 17.3 Å². The van der Waals surface area contributed by atoms with Crippen LogP contribution < -0.4 is 5.32 Å². The van der Waals surface area contributed by atoms with E-state index in [4.69, 9.17) is 0 Å². The first-order chi connectivity index (χ1) is 7.36. The van der Waals surface area contributed by atoms with Crippen LogP contribution in [0.15, 0.2) is 12.4 Å². The van der Waals surface area contributed by atoms with E-state index < -0.39 is 0 Å². The number of aryl methyl sites for hydroxylation is 1. The van der Waals surface area contributed by atoms with E-state index in [0.717, 1.165) is 18.8 Å². The predicted octanol–water partition coefficient (Wildman–Crippen LogP) is 2.28. The molecule has 0 spiro atoms. The first-order valence-electron chi connectivity index (χ1n) is 5.85. The maximum Gasteiger partial charge on any atom is 0.115 e. The van der Waals surface area contributed by atoms with Gasteiger partial charge in [0.05, 0.1) is 0 Å². The third kappa shape index (κ3) is 3.59. The molecule has 1 saturated heterocycles. The monoisotopic (exact) mass is 207 g/mol. The van der Waals surface area contributed by atoms with E-state index in [1.165, 1.54) is 18.5 Å². The molecule has 1 fully saturated rings. The maximum atomic E-state index is 4.32. The Balaban J connectivity index is 0.000000531.